The molecule has 4 rings (SSSR count). The van der Waals surface area contributed by atoms with Gasteiger partial charge in [0, 0.05) is 11.1 Å². The Kier molecular flexibility index (Phi) is 4.66. The number of nitrogens with one attached hydrogen (secondary N) is 1. The molecule has 3 aromatic heterocycles. The number of furan rings is 2. The van der Waals surface area contributed by atoms with E-state index in [0.717, 1.165) is 11.1 Å². The Bertz CT molecular complexity index is 953. The topological polar surface area (TPSA) is 75.6 Å². The van der Waals surface area contributed by atoms with Crippen molar-refractivity contribution in [3.8, 4) is 11.1 Å². The minimum atomic E-state index is -1.51. The highest BCUT2D eigenvalue weighted by Crippen LogP contribution is 2.30. The van der Waals surface area contributed by atoms with Crippen LogP contribution < -0.4 is 5.32 Å². The van der Waals surface area contributed by atoms with Gasteiger partial charge in [-0.2, -0.15) is 11.3 Å². The standard InChI is InChI=1S/C21H17NO4S/c23-20(16-5-3-15(4-6-16)17-8-11-27-13-17)22-14-21(24,18-7-10-25-12-18)19-2-1-9-26-19/h1-13,24H,14H2,(H,22,23)/t21-/m1/s1. The number of carbonyl (C=O) groups is 1. The maximum Gasteiger partial charge on any atom is 0.251 e. The van der Waals surface area contributed by atoms with Crippen molar-refractivity contribution in [3.63, 3.8) is 0 Å². The van der Waals surface area contributed by atoms with E-state index < -0.39 is 5.60 Å². The third-order valence-electron chi connectivity index (χ3n) is 4.43. The van der Waals surface area contributed by atoms with Crippen molar-refractivity contribution in [2.45, 2.75) is 5.60 Å². The van der Waals surface area contributed by atoms with Gasteiger partial charge in [-0.05, 0) is 58.3 Å². The zero-order chi connectivity index (χ0) is 18.7. The number of benzene rings is 1. The molecule has 0 aliphatic heterocycles. The first-order chi connectivity index (χ1) is 13.2. The molecule has 0 radical (unpaired) electrons. The fourth-order valence-corrected chi connectivity index (χ4v) is 3.56. The predicted molar refractivity (Wildman–Crippen MR) is 103 cm³/mol. The van der Waals surface area contributed by atoms with Gasteiger partial charge in [-0.3, -0.25) is 4.79 Å². The summed E-state index contributed by atoms with van der Waals surface area (Å²) in [4.78, 5) is 12.6. The maximum absolute atomic E-state index is 12.6. The van der Waals surface area contributed by atoms with Crippen LogP contribution >= 0.6 is 11.3 Å². The van der Waals surface area contributed by atoms with E-state index in [-0.39, 0.29) is 12.5 Å². The molecule has 1 amide bonds. The van der Waals surface area contributed by atoms with Crippen LogP contribution in [0.25, 0.3) is 11.1 Å². The van der Waals surface area contributed by atoms with Crippen LogP contribution in [0.4, 0.5) is 0 Å². The van der Waals surface area contributed by atoms with E-state index in [1.807, 2.05) is 23.6 Å². The number of thiophene rings is 1. The van der Waals surface area contributed by atoms with Gasteiger partial charge >= 0.3 is 0 Å². The summed E-state index contributed by atoms with van der Waals surface area (Å²) in [6, 6.07) is 14.4. The highest BCUT2D eigenvalue weighted by molar-refractivity contribution is 7.08. The van der Waals surface area contributed by atoms with Gasteiger partial charge in [0.2, 0.25) is 0 Å². The first-order valence-electron chi connectivity index (χ1n) is 8.37. The van der Waals surface area contributed by atoms with E-state index in [1.165, 1.54) is 18.8 Å². The normalized spacial score (nSPS) is 13.2. The molecule has 0 aliphatic carbocycles. The summed E-state index contributed by atoms with van der Waals surface area (Å²) in [5.41, 5.74) is 1.69. The molecule has 3 heterocycles. The zero-order valence-electron chi connectivity index (χ0n) is 14.3. The highest BCUT2D eigenvalue weighted by atomic mass is 32.1. The molecule has 0 bridgehead atoms. The summed E-state index contributed by atoms with van der Waals surface area (Å²) < 4.78 is 10.5. The second kappa shape index (κ2) is 7.26. The largest absolute Gasteiger partial charge is 0.472 e. The lowest BCUT2D eigenvalue weighted by molar-refractivity contribution is 0.0520. The lowest BCUT2D eigenvalue weighted by Gasteiger charge is -2.25. The van der Waals surface area contributed by atoms with Gasteiger partial charge in [0.05, 0.1) is 25.3 Å². The van der Waals surface area contributed by atoms with Crippen molar-refractivity contribution in [2.75, 3.05) is 6.54 Å². The van der Waals surface area contributed by atoms with Crippen LogP contribution in [-0.4, -0.2) is 17.6 Å². The Balaban J connectivity index is 1.50. The summed E-state index contributed by atoms with van der Waals surface area (Å²) in [5.74, 6) is 0.0531. The first-order valence-corrected chi connectivity index (χ1v) is 9.31. The molecule has 6 heteroatoms. The van der Waals surface area contributed by atoms with Gasteiger partial charge < -0.3 is 19.3 Å². The van der Waals surface area contributed by atoms with Gasteiger partial charge in [-0.25, -0.2) is 0 Å². The molecule has 2 N–H and O–H groups in total. The molecule has 1 atom stereocenters. The Hall–Kier alpha value is -3.09. The van der Waals surface area contributed by atoms with Crippen LogP contribution in [0.15, 0.2) is 86.9 Å². The third kappa shape index (κ3) is 3.45. The van der Waals surface area contributed by atoms with E-state index >= 15 is 0 Å². The van der Waals surface area contributed by atoms with Crippen LogP contribution in [-0.2, 0) is 5.60 Å². The van der Waals surface area contributed by atoms with Crippen LogP contribution in [0, 0.1) is 0 Å². The van der Waals surface area contributed by atoms with Gasteiger partial charge in [0.1, 0.15) is 5.76 Å². The minimum absolute atomic E-state index is 0.0504. The van der Waals surface area contributed by atoms with E-state index in [2.05, 4.69) is 10.7 Å². The number of rotatable bonds is 6. The monoisotopic (exact) mass is 379 g/mol. The van der Waals surface area contributed by atoms with Crippen molar-refractivity contribution in [3.05, 3.63) is 95.0 Å². The summed E-state index contributed by atoms with van der Waals surface area (Å²) in [6.07, 6.45) is 4.38. The zero-order valence-corrected chi connectivity index (χ0v) is 15.1. The van der Waals surface area contributed by atoms with E-state index in [4.69, 9.17) is 8.83 Å². The molecule has 4 aromatic rings. The van der Waals surface area contributed by atoms with Gasteiger partial charge in [-0.1, -0.05) is 12.1 Å². The molecule has 1 aromatic carbocycles. The smallest absolute Gasteiger partial charge is 0.251 e. The van der Waals surface area contributed by atoms with Crippen LogP contribution in [0.5, 0.6) is 0 Å². The molecule has 0 unspecified atom stereocenters. The van der Waals surface area contributed by atoms with Gasteiger partial charge in [-0.15, -0.1) is 0 Å². The Morgan fingerprint density at radius 3 is 2.56 bits per heavy atom. The predicted octanol–water partition coefficient (Wildman–Crippen LogP) is 4.27. The number of hydrogen-bond acceptors (Lipinski definition) is 5. The minimum Gasteiger partial charge on any atom is -0.472 e. The Labute approximate surface area is 159 Å². The number of amides is 1. The molecule has 0 aliphatic rings. The molecule has 27 heavy (non-hydrogen) atoms. The first kappa shape index (κ1) is 17.3. The quantitative estimate of drug-likeness (QED) is 0.525. The molecule has 0 saturated heterocycles. The van der Waals surface area contributed by atoms with Crippen molar-refractivity contribution >= 4 is 17.2 Å². The average Bonchev–Trinajstić information content (AvgIpc) is 3.47. The van der Waals surface area contributed by atoms with Crippen molar-refractivity contribution in [2.24, 2.45) is 0 Å². The summed E-state index contributed by atoms with van der Waals surface area (Å²) in [5, 5.41) is 18.0. The van der Waals surface area contributed by atoms with Crippen molar-refractivity contribution < 1.29 is 18.7 Å². The number of carbonyl (C=O) groups excluding carboxylic acids is 1. The molecule has 5 nitrogen and oxygen atoms in total. The fraction of sp³-hybridized carbons (Fsp3) is 0.0952. The summed E-state index contributed by atoms with van der Waals surface area (Å²) in [6.45, 7) is -0.0504. The van der Waals surface area contributed by atoms with E-state index in [1.54, 1.807) is 41.7 Å². The summed E-state index contributed by atoms with van der Waals surface area (Å²) >= 11 is 1.63. The Morgan fingerprint density at radius 1 is 1.07 bits per heavy atom. The molecule has 0 fully saturated rings. The second-order valence-corrected chi connectivity index (χ2v) is 6.90. The maximum atomic E-state index is 12.6. The molecule has 0 spiro atoms. The molecular weight excluding hydrogens is 362 g/mol. The number of aliphatic hydroxyl groups is 1. The van der Waals surface area contributed by atoms with Crippen molar-refractivity contribution in [1.82, 2.24) is 5.32 Å². The van der Waals surface area contributed by atoms with Crippen LogP contribution in [0.1, 0.15) is 21.7 Å². The fourth-order valence-electron chi connectivity index (χ4n) is 2.90. The summed E-state index contributed by atoms with van der Waals surface area (Å²) in [7, 11) is 0. The Morgan fingerprint density at radius 2 is 1.93 bits per heavy atom. The van der Waals surface area contributed by atoms with Crippen LogP contribution in [0.2, 0.25) is 0 Å². The lowest BCUT2D eigenvalue weighted by Crippen LogP contribution is -2.41. The van der Waals surface area contributed by atoms with Gasteiger partial charge in [0.25, 0.3) is 5.91 Å². The lowest BCUT2D eigenvalue weighted by atomic mass is 9.93. The average molecular weight is 379 g/mol. The molecular formula is C21H17NO4S. The van der Waals surface area contributed by atoms with Crippen molar-refractivity contribution in [1.29, 1.82) is 0 Å². The van der Waals surface area contributed by atoms with E-state index in [9.17, 15) is 9.90 Å². The SMILES string of the molecule is O=C(NC[C@@](O)(c1ccoc1)c1ccco1)c1ccc(-c2ccsc2)cc1. The second-order valence-electron chi connectivity index (χ2n) is 6.12. The third-order valence-corrected chi connectivity index (χ3v) is 5.12. The van der Waals surface area contributed by atoms with E-state index in [0.29, 0.717) is 16.9 Å². The van der Waals surface area contributed by atoms with Gasteiger partial charge in [0.15, 0.2) is 5.60 Å². The highest BCUT2D eigenvalue weighted by Gasteiger charge is 2.36. The molecule has 0 saturated carbocycles. The van der Waals surface area contributed by atoms with Crippen LogP contribution in [0.3, 0.4) is 0 Å². The number of hydrogen-bond donors (Lipinski definition) is 2. The molecule has 136 valence electrons.